The van der Waals surface area contributed by atoms with E-state index in [1.807, 2.05) is 49.1 Å². The SMILES string of the molecule is C.C.CC(C)(C)N1CCc2ccccc2NC1=O.CC(C)n1c(=O)[nH]c2ncccc21. The van der Waals surface area contributed by atoms with E-state index in [9.17, 15) is 9.59 Å². The van der Waals surface area contributed by atoms with Crippen LogP contribution < -0.4 is 11.0 Å². The number of aromatic amines is 1. The van der Waals surface area contributed by atoms with Gasteiger partial charge >= 0.3 is 11.7 Å². The molecule has 0 fully saturated rings. The highest BCUT2D eigenvalue weighted by Gasteiger charge is 2.28. The summed E-state index contributed by atoms with van der Waals surface area (Å²) < 4.78 is 1.70. The fourth-order valence-electron chi connectivity index (χ4n) is 3.49. The number of H-pyrrole nitrogens is 1. The second kappa shape index (κ2) is 10.3. The van der Waals surface area contributed by atoms with Crippen molar-refractivity contribution >= 4 is 22.9 Å². The second-order valence-electron chi connectivity index (χ2n) is 8.42. The lowest BCUT2D eigenvalue weighted by atomic mass is 10.1. The lowest BCUT2D eigenvalue weighted by Gasteiger charge is -2.34. The quantitative estimate of drug-likeness (QED) is 0.541. The third-order valence-electron chi connectivity index (χ3n) is 4.93. The number of nitrogens with zero attached hydrogens (tertiary/aromatic N) is 3. The molecule has 0 atom stereocenters. The molecule has 0 radical (unpaired) electrons. The molecule has 31 heavy (non-hydrogen) atoms. The number of hydrogen-bond donors (Lipinski definition) is 2. The van der Waals surface area contributed by atoms with Gasteiger partial charge in [0.15, 0.2) is 5.65 Å². The number of carbonyl (C=O) groups excluding carboxylic acids is 1. The molecule has 0 unspecified atom stereocenters. The molecule has 170 valence electrons. The summed E-state index contributed by atoms with van der Waals surface area (Å²) in [5.41, 5.74) is 3.45. The molecule has 0 saturated carbocycles. The lowest BCUT2D eigenvalue weighted by molar-refractivity contribution is 0.159. The average molecular weight is 428 g/mol. The summed E-state index contributed by atoms with van der Waals surface area (Å²) in [6.07, 6.45) is 2.58. The van der Waals surface area contributed by atoms with Gasteiger partial charge < -0.3 is 10.2 Å². The maximum absolute atomic E-state index is 12.0. The monoisotopic (exact) mass is 427 g/mol. The molecule has 7 heteroatoms. The maximum Gasteiger partial charge on any atom is 0.327 e. The summed E-state index contributed by atoms with van der Waals surface area (Å²) >= 11 is 0. The van der Waals surface area contributed by atoms with Crippen LogP contribution in [0.5, 0.6) is 0 Å². The number of anilines is 1. The van der Waals surface area contributed by atoms with Crippen LogP contribution in [0.3, 0.4) is 0 Å². The Hall–Kier alpha value is -3.09. The van der Waals surface area contributed by atoms with Crippen LogP contribution in [0.15, 0.2) is 47.4 Å². The van der Waals surface area contributed by atoms with Crippen LogP contribution in [0.1, 0.15) is 61.1 Å². The molecule has 0 spiro atoms. The Bertz CT molecular complexity index is 1060. The van der Waals surface area contributed by atoms with E-state index >= 15 is 0 Å². The molecule has 2 aromatic heterocycles. The number of imidazole rings is 1. The Kier molecular flexibility index (Phi) is 8.61. The minimum Gasteiger partial charge on any atom is -0.319 e. The van der Waals surface area contributed by atoms with Gasteiger partial charge in [-0.15, -0.1) is 0 Å². The van der Waals surface area contributed by atoms with E-state index in [-0.39, 0.29) is 38.2 Å². The molecule has 0 saturated heterocycles. The number of carbonyl (C=O) groups is 1. The average Bonchev–Trinajstić information content (AvgIpc) is 2.87. The first kappa shape index (κ1) is 25.9. The smallest absolute Gasteiger partial charge is 0.319 e. The predicted molar refractivity (Wildman–Crippen MR) is 130 cm³/mol. The topological polar surface area (TPSA) is 83.0 Å². The highest BCUT2D eigenvalue weighted by atomic mass is 16.2. The van der Waals surface area contributed by atoms with Gasteiger partial charge in [-0.05, 0) is 64.8 Å². The predicted octanol–water partition coefficient (Wildman–Crippen LogP) is 5.45. The van der Waals surface area contributed by atoms with Gasteiger partial charge in [0, 0.05) is 30.0 Å². The molecule has 4 rings (SSSR count). The normalized spacial score (nSPS) is 13.2. The van der Waals surface area contributed by atoms with Gasteiger partial charge in [0.05, 0.1) is 5.52 Å². The van der Waals surface area contributed by atoms with Crippen molar-refractivity contribution in [3.8, 4) is 0 Å². The largest absolute Gasteiger partial charge is 0.327 e. The van der Waals surface area contributed by atoms with E-state index < -0.39 is 0 Å². The van der Waals surface area contributed by atoms with Crippen molar-refractivity contribution in [1.29, 1.82) is 0 Å². The molecule has 1 aliphatic heterocycles. The molecule has 1 aliphatic rings. The Morgan fingerprint density at radius 3 is 2.35 bits per heavy atom. The summed E-state index contributed by atoms with van der Waals surface area (Å²) in [5, 5.41) is 2.97. The van der Waals surface area contributed by atoms with E-state index in [1.54, 1.807) is 10.8 Å². The molecule has 0 bridgehead atoms. The summed E-state index contributed by atoms with van der Waals surface area (Å²) in [7, 11) is 0. The number of urea groups is 1. The maximum atomic E-state index is 12.0. The summed E-state index contributed by atoms with van der Waals surface area (Å²) in [5.74, 6) is 0. The number of para-hydroxylation sites is 1. The molecule has 2 amide bonds. The van der Waals surface area contributed by atoms with E-state index in [0.717, 1.165) is 24.2 Å². The number of aromatic nitrogens is 3. The van der Waals surface area contributed by atoms with Gasteiger partial charge in [-0.2, -0.15) is 0 Å². The number of benzene rings is 1. The van der Waals surface area contributed by atoms with Crippen LogP contribution in [-0.4, -0.2) is 37.5 Å². The first-order valence-electron chi connectivity index (χ1n) is 9.90. The number of amides is 2. The van der Waals surface area contributed by atoms with Crippen LogP contribution in [0.25, 0.3) is 11.2 Å². The molecule has 3 aromatic rings. The van der Waals surface area contributed by atoms with Gasteiger partial charge in [-0.3, -0.25) is 9.55 Å². The zero-order valence-electron chi connectivity index (χ0n) is 17.7. The Morgan fingerprint density at radius 1 is 1.03 bits per heavy atom. The van der Waals surface area contributed by atoms with Crippen LogP contribution >= 0.6 is 0 Å². The third kappa shape index (κ3) is 5.75. The number of fused-ring (bicyclic) bond motifs is 2. The summed E-state index contributed by atoms with van der Waals surface area (Å²) in [4.78, 5) is 32.1. The standard InChI is InChI=1S/C13H18N2O.C9H11N3O.2CH4/c1-13(2,3)15-9-8-10-6-4-5-7-11(10)14-12(15)16;1-6(2)12-7-4-3-5-10-8(7)11-9(12)13;;/h4-7H,8-9H2,1-3H3,(H,14,16);3-6H,1-2H3,(H,10,11,13);2*1H4. The van der Waals surface area contributed by atoms with Gasteiger partial charge in [0.2, 0.25) is 0 Å². The zero-order valence-corrected chi connectivity index (χ0v) is 17.7. The minimum atomic E-state index is -0.133. The number of pyridine rings is 1. The van der Waals surface area contributed by atoms with Crippen LogP contribution in [0, 0.1) is 0 Å². The molecular formula is C24H37N5O2. The molecular weight excluding hydrogens is 390 g/mol. The fourth-order valence-corrected chi connectivity index (χ4v) is 3.49. The lowest BCUT2D eigenvalue weighted by Crippen LogP contribution is -2.47. The summed E-state index contributed by atoms with van der Waals surface area (Å²) in [6.45, 7) is 10.9. The van der Waals surface area contributed by atoms with Crippen molar-refractivity contribution in [3.05, 3.63) is 58.6 Å². The Morgan fingerprint density at radius 2 is 1.71 bits per heavy atom. The van der Waals surface area contributed by atoms with Crippen molar-refractivity contribution in [2.45, 2.75) is 67.5 Å². The van der Waals surface area contributed by atoms with Crippen molar-refractivity contribution in [1.82, 2.24) is 19.4 Å². The molecule has 3 heterocycles. The van der Waals surface area contributed by atoms with Gasteiger partial charge in [-0.25, -0.2) is 14.6 Å². The summed E-state index contributed by atoms with van der Waals surface area (Å²) in [6, 6.07) is 11.9. The van der Waals surface area contributed by atoms with E-state index in [0.29, 0.717) is 5.65 Å². The van der Waals surface area contributed by atoms with Crippen LogP contribution in [-0.2, 0) is 6.42 Å². The zero-order chi connectivity index (χ0) is 21.2. The van der Waals surface area contributed by atoms with Crippen molar-refractivity contribution in [3.63, 3.8) is 0 Å². The highest BCUT2D eigenvalue weighted by Crippen LogP contribution is 2.24. The first-order chi connectivity index (χ1) is 13.7. The molecule has 1 aromatic carbocycles. The van der Waals surface area contributed by atoms with Gasteiger partial charge in [0.1, 0.15) is 0 Å². The first-order valence-corrected chi connectivity index (χ1v) is 9.90. The second-order valence-corrected chi connectivity index (χ2v) is 8.42. The Balaban J connectivity index is 0.000000296. The van der Waals surface area contributed by atoms with Crippen LogP contribution in [0.4, 0.5) is 10.5 Å². The number of rotatable bonds is 1. The van der Waals surface area contributed by atoms with Crippen molar-refractivity contribution < 1.29 is 4.79 Å². The van der Waals surface area contributed by atoms with Gasteiger partial charge in [-0.1, -0.05) is 33.1 Å². The van der Waals surface area contributed by atoms with E-state index in [4.69, 9.17) is 0 Å². The Labute approximate surface area is 185 Å². The van der Waals surface area contributed by atoms with E-state index in [1.165, 1.54) is 5.56 Å². The number of hydrogen-bond acceptors (Lipinski definition) is 3. The van der Waals surface area contributed by atoms with Crippen molar-refractivity contribution in [2.24, 2.45) is 0 Å². The molecule has 7 nitrogen and oxygen atoms in total. The van der Waals surface area contributed by atoms with Crippen molar-refractivity contribution in [2.75, 3.05) is 11.9 Å². The highest BCUT2D eigenvalue weighted by molar-refractivity contribution is 5.91. The fraction of sp³-hybridized carbons (Fsp3) is 0.458. The van der Waals surface area contributed by atoms with Crippen LogP contribution in [0.2, 0.25) is 0 Å². The minimum absolute atomic E-state index is 0. The molecule has 2 N–H and O–H groups in total. The van der Waals surface area contributed by atoms with Gasteiger partial charge in [0.25, 0.3) is 0 Å². The molecule has 0 aliphatic carbocycles. The third-order valence-corrected chi connectivity index (χ3v) is 4.93. The van der Waals surface area contributed by atoms with E-state index in [2.05, 4.69) is 42.1 Å². The number of nitrogens with one attached hydrogen (secondary N) is 2.